The number of carboxylic acids is 1. The van der Waals surface area contributed by atoms with Crippen molar-refractivity contribution in [3.05, 3.63) is 29.1 Å². The summed E-state index contributed by atoms with van der Waals surface area (Å²) in [5, 5.41) is 17.2. The standard InChI is InChI=1S/C9H10FNO4/c1-15-8-6(9(12)13)2-5(4-11-14)3-7(8)10/h2-3,11,14H,4H2,1H3,(H,12,13). The van der Waals surface area contributed by atoms with Crippen LogP contribution < -0.4 is 10.2 Å². The first-order valence-corrected chi connectivity index (χ1v) is 4.06. The molecule has 0 fully saturated rings. The van der Waals surface area contributed by atoms with E-state index in [4.69, 9.17) is 10.3 Å². The summed E-state index contributed by atoms with van der Waals surface area (Å²) in [6.07, 6.45) is 0. The fraction of sp³-hybridized carbons (Fsp3) is 0.222. The lowest BCUT2D eigenvalue weighted by atomic mass is 10.1. The number of hydroxylamine groups is 1. The van der Waals surface area contributed by atoms with E-state index in [0.717, 1.165) is 6.07 Å². The zero-order valence-corrected chi connectivity index (χ0v) is 7.95. The summed E-state index contributed by atoms with van der Waals surface area (Å²) in [6.45, 7) is -0.0405. The van der Waals surface area contributed by atoms with E-state index in [-0.39, 0.29) is 17.9 Å². The Morgan fingerprint density at radius 2 is 2.27 bits per heavy atom. The number of ether oxygens (including phenoxy) is 1. The molecule has 0 aromatic heterocycles. The van der Waals surface area contributed by atoms with Gasteiger partial charge in [0.05, 0.1) is 7.11 Å². The van der Waals surface area contributed by atoms with Crippen molar-refractivity contribution in [3.8, 4) is 5.75 Å². The van der Waals surface area contributed by atoms with Crippen molar-refractivity contribution >= 4 is 5.97 Å². The van der Waals surface area contributed by atoms with Gasteiger partial charge in [-0.25, -0.2) is 14.7 Å². The zero-order valence-electron chi connectivity index (χ0n) is 7.95. The normalized spacial score (nSPS) is 10.1. The molecule has 0 aliphatic rings. The summed E-state index contributed by atoms with van der Waals surface area (Å²) in [7, 11) is 1.19. The van der Waals surface area contributed by atoms with E-state index in [9.17, 15) is 9.18 Å². The Labute approximate surface area is 85.1 Å². The first-order chi connectivity index (χ1) is 7.10. The summed E-state index contributed by atoms with van der Waals surface area (Å²) >= 11 is 0. The molecule has 3 N–H and O–H groups in total. The minimum absolute atomic E-state index is 0.0405. The van der Waals surface area contributed by atoms with Crippen molar-refractivity contribution in [1.82, 2.24) is 5.48 Å². The van der Waals surface area contributed by atoms with Gasteiger partial charge < -0.3 is 15.1 Å². The van der Waals surface area contributed by atoms with E-state index in [1.165, 1.54) is 13.2 Å². The van der Waals surface area contributed by atoms with Crippen molar-refractivity contribution in [1.29, 1.82) is 0 Å². The highest BCUT2D eigenvalue weighted by Gasteiger charge is 2.16. The molecule has 0 radical (unpaired) electrons. The molecule has 82 valence electrons. The van der Waals surface area contributed by atoms with Crippen LogP contribution in [0.5, 0.6) is 5.75 Å². The zero-order chi connectivity index (χ0) is 11.4. The molecule has 0 aliphatic heterocycles. The average molecular weight is 215 g/mol. The number of methoxy groups -OCH3 is 1. The van der Waals surface area contributed by atoms with Gasteiger partial charge in [0.25, 0.3) is 0 Å². The van der Waals surface area contributed by atoms with Crippen LogP contribution in [0.15, 0.2) is 12.1 Å². The Hall–Kier alpha value is -1.66. The molecule has 1 rings (SSSR count). The third kappa shape index (κ3) is 2.42. The van der Waals surface area contributed by atoms with Gasteiger partial charge in [0, 0.05) is 6.54 Å². The molecule has 0 saturated carbocycles. The van der Waals surface area contributed by atoms with Crippen LogP contribution in [0.25, 0.3) is 0 Å². The van der Waals surface area contributed by atoms with Gasteiger partial charge in [0.2, 0.25) is 0 Å². The molecular formula is C9H10FNO4. The third-order valence-corrected chi connectivity index (χ3v) is 1.82. The number of nitrogens with one attached hydrogen (secondary N) is 1. The maximum Gasteiger partial charge on any atom is 0.339 e. The molecule has 6 heteroatoms. The molecule has 0 amide bonds. The lowest BCUT2D eigenvalue weighted by Crippen LogP contribution is -2.09. The van der Waals surface area contributed by atoms with E-state index < -0.39 is 11.8 Å². The Balaban J connectivity index is 3.25. The highest BCUT2D eigenvalue weighted by atomic mass is 19.1. The smallest absolute Gasteiger partial charge is 0.339 e. The minimum Gasteiger partial charge on any atom is -0.493 e. The highest BCUT2D eigenvalue weighted by Crippen LogP contribution is 2.24. The molecule has 0 spiro atoms. The van der Waals surface area contributed by atoms with Gasteiger partial charge in [-0.1, -0.05) is 0 Å². The van der Waals surface area contributed by atoms with Gasteiger partial charge >= 0.3 is 5.97 Å². The topological polar surface area (TPSA) is 78.8 Å². The van der Waals surface area contributed by atoms with E-state index in [0.29, 0.717) is 5.56 Å². The van der Waals surface area contributed by atoms with Gasteiger partial charge in [-0.3, -0.25) is 0 Å². The number of halogens is 1. The first kappa shape index (κ1) is 11.4. The van der Waals surface area contributed by atoms with Crippen LogP contribution in [0.4, 0.5) is 4.39 Å². The number of rotatable bonds is 4. The van der Waals surface area contributed by atoms with Crippen LogP contribution in [0.2, 0.25) is 0 Å². The van der Waals surface area contributed by atoms with Crippen LogP contribution in [0.3, 0.4) is 0 Å². The summed E-state index contributed by atoms with van der Waals surface area (Å²) in [4.78, 5) is 10.8. The molecule has 1 aromatic carbocycles. The molecule has 0 unspecified atom stereocenters. The quantitative estimate of drug-likeness (QED) is 0.653. The molecule has 5 nitrogen and oxygen atoms in total. The van der Waals surface area contributed by atoms with Crippen molar-refractivity contribution < 1.29 is 24.2 Å². The average Bonchev–Trinajstić information content (AvgIpc) is 2.17. The minimum atomic E-state index is -1.29. The SMILES string of the molecule is COc1c(F)cc(CNO)cc1C(=O)O. The number of aromatic carboxylic acids is 1. The molecule has 0 aliphatic carbocycles. The molecule has 0 atom stereocenters. The van der Waals surface area contributed by atoms with Crippen molar-refractivity contribution in [2.45, 2.75) is 6.54 Å². The maximum absolute atomic E-state index is 13.3. The summed E-state index contributed by atoms with van der Waals surface area (Å²) in [5.41, 5.74) is 1.85. The van der Waals surface area contributed by atoms with Crippen LogP contribution in [-0.2, 0) is 6.54 Å². The van der Waals surface area contributed by atoms with Crippen molar-refractivity contribution in [2.75, 3.05) is 7.11 Å². The lowest BCUT2D eigenvalue weighted by molar-refractivity contribution is 0.0692. The third-order valence-electron chi connectivity index (χ3n) is 1.82. The number of carboxylic acid groups (broad SMARTS) is 1. The Morgan fingerprint density at radius 1 is 1.60 bits per heavy atom. The Bertz CT molecular complexity index is 381. The lowest BCUT2D eigenvalue weighted by Gasteiger charge is -2.08. The Morgan fingerprint density at radius 3 is 2.73 bits per heavy atom. The fourth-order valence-electron chi connectivity index (χ4n) is 1.21. The second-order valence-electron chi connectivity index (χ2n) is 2.80. The predicted octanol–water partition coefficient (Wildman–Crippen LogP) is 1.01. The number of hydrogen-bond acceptors (Lipinski definition) is 4. The van der Waals surface area contributed by atoms with Crippen molar-refractivity contribution in [3.63, 3.8) is 0 Å². The molecular weight excluding hydrogens is 205 g/mol. The summed E-state index contributed by atoms with van der Waals surface area (Å²) < 4.78 is 17.9. The molecule has 0 heterocycles. The van der Waals surface area contributed by atoms with Crippen molar-refractivity contribution in [2.24, 2.45) is 0 Å². The van der Waals surface area contributed by atoms with E-state index in [2.05, 4.69) is 4.74 Å². The summed E-state index contributed by atoms with van der Waals surface area (Å²) in [6, 6.07) is 2.32. The van der Waals surface area contributed by atoms with Gasteiger partial charge in [-0.15, -0.1) is 0 Å². The Kier molecular flexibility index (Phi) is 3.59. The van der Waals surface area contributed by atoms with Crippen LogP contribution in [0, 0.1) is 5.82 Å². The molecule has 1 aromatic rings. The van der Waals surface area contributed by atoms with Gasteiger partial charge in [0.1, 0.15) is 5.56 Å². The van der Waals surface area contributed by atoms with Gasteiger partial charge in [-0.2, -0.15) is 0 Å². The highest BCUT2D eigenvalue weighted by molar-refractivity contribution is 5.91. The van der Waals surface area contributed by atoms with Crippen LogP contribution in [0.1, 0.15) is 15.9 Å². The second-order valence-corrected chi connectivity index (χ2v) is 2.80. The maximum atomic E-state index is 13.3. The van der Waals surface area contributed by atoms with E-state index in [1.807, 2.05) is 5.48 Å². The molecule has 0 bridgehead atoms. The number of carbonyl (C=O) groups is 1. The first-order valence-electron chi connectivity index (χ1n) is 4.06. The van der Waals surface area contributed by atoms with Crippen LogP contribution >= 0.6 is 0 Å². The summed E-state index contributed by atoms with van der Waals surface area (Å²) in [5.74, 6) is -2.38. The van der Waals surface area contributed by atoms with Crippen LogP contribution in [-0.4, -0.2) is 23.4 Å². The second kappa shape index (κ2) is 4.72. The van der Waals surface area contributed by atoms with Gasteiger partial charge in [-0.05, 0) is 17.7 Å². The number of hydrogen-bond donors (Lipinski definition) is 3. The number of benzene rings is 1. The predicted molar refractivity (Wildman–Crippen MR) is 48.5 cm³/mol. The molecule has 15 heavy (non-hydrogen) atoms. The monoisotopic (exact) mass is 215 g/mol. The molecule has 0 saturated heterocycles. The van der Waals surface area contributed by atoms with E-state index in [1.54, 1.807) is 0 Å². The van der Waals surface area contributed by atoms with E-state index >= 15 is 0 Å². The largest absolute Gasteiger partial charge is 0.493 e. The van der Waals surface area contributed by atoms with Gasteiger partial charge in [0.15, 0.2) is 11.6 Å². The fourth-order valence-corrected chi connectivity index (χ4v) is 1.21.